The van der Waals surface area contributed by atoms with Crippen LogP contribution in [0.2, 0.25) is 0 Å². The predicted octanol–water partition coefficient (Wildman–Crippen LogP) is 6.89. The van der Waals surface area contributed by atoms with Gasteiger partial charge in [-0.05, 0) is 54.3 Å². The number of benzene rings is 4. The number of fused-ring (bicyclic) bond motifs is 6. The number of hydrogen-bond acceptors (Lipinski definition) is 5. The number of allylic oxidation sites excluding steroid dienone is 1. The van der Waals surface area contributed by atoms with Crippen LogP contribution in [0.5, 0.6) is 5.75 Å². The van der Waals surface area contributed by atoms with Crippen LogP contribution in [-0.2, 0) is 16.6 Å². The number of carbonyl (C=O) groups excluding carboxylic acids is 3. The van der Waals surface area contributed by atoms with Crippen LogP contribution in [0.1, 0.15) is 57.7 Å². The van der Waals surface area contributed by atoms with Crippen LogP contribution in [-0.4, -0.2) is 36.7 Å². The van der Waals surface area contributed by atoms with Gasteiger partial charge in [-0.15, -0.1) is 0 Å². The van der Waals surface area contributed by atoms with Crippen molar-refractivity contribution in [1.82, 2.24) is 0 Å². The first kappa shape index (κ1) is 27.8. The zero-order valence-electron chi connectivity index (χ0n) is 25.0. The molecule has 220 valence electrons. The van der Waals surface area contributed by atoms with Gasteiger partial charge in [-0.2, -0.15) is 0 Å². The second-order valence-electron chi connectivity index (χ2n) is 11.9. The van der Waals surface area contributed by atoms with Gasteiger partial charge in [0.15, 0.2) is 11.6 Å². The number of hydrogen-bond donors (Lipinski definition) is 1. The van der Waals surface area contributed by atoms with Gasteiger partial charge in [0.25, 0.3) is 0 Å². The lowest BCUT2D eigenvalue weighted by Crippen LogP contribution is -2.51. The Hall–Kier alpha value is -4.97. The predicted molar refractivity (Wildman–Crippen MR) is 172 cm³/mol. The molecule has 1 N–H and O–H groups in total. The fraction of sp³-hybridized carbons (Fsp3) is 0.237. The van der Waals surface area contributed by atoms with Crippen LogP contribution in [0.15, 0.2) is 103 Å². The Balaban J connectivity index is 1.51. The lowest BCUT2D eigenvalue weighted by Gasteiger charge is -2.39. The van der Waals surface area contributed by atoms with E-state index in [1.165, 1.54) is 0 Å². The van der Waals surface area contributed by atoms with Crippen molar-refractivity contribution >= 4 is 34.4 Å². The number of rotatable bonds is 7. The number of ether oxygens (including phenoxy) is 1. The highest BCUT2D eigenvalue weighted by Gasteiger charge is 2.70. The number of anilines is 2. The Morgan fingerprint density at radius 3 is 2.41 bits per heavy atom. The molecule has 3 heterocycles. The van der Waals surface area contributed by atoms with Crippen molar-refractivity contribution in [2.75, 3.05) is 17.3 Å². The normalized spacial score (nSPS) is 23.0. The molecule has 7 rings (SSSR count). The molecule has 3 aliphatic rings. The molecule has 6 nitrogen and oxygen atoms in total. The van der Waals surface area contributed by atoms with Crippen LogP contribution >= 0.6 is 0 Å². The topological polar surface area (TPSA) is 75.7 Å². The number of carbonyl (C=O) groups is 3. The number of methoxy groups -OCH3 is 1. The fourth-order valence-corrected chi connectivity index (χ4v) is 7.64. The Bertz CT molecular complexity index is 1840. The van der Waals surface area contributed by atoms with Crippen LogP contribution in [0, 0.1) is 5.92 Å². The minimum atomic E-state index is -1.34. The smallest absolute Gasteiger partial charge is 0.238 e. The van der Waals surface area contributed by atoms with E-state index in [0.717, 1.165) is 40.8 Å². The lowest BCUT2D eigenvalue weighted by molar-refractivity contribution is -0.121. The Morgan fingerprint density at radius 1 is 0.886 bits per heavy atom. The van der Waals surface area contributed by atoms with E-state index >= 15 is 4.79 Å². The van der Waals surface area contributed by atoms with E-state index < -0.39 is 23.4 Å². The Morgan fingerprint density at radius 2 is 1.64 bits per heavy atom. The summed E-state index contributed by atoms with van der Waals surface area (Å²) >= 11 is 0. The standard InChI is InChI=1S/C38H34N2O4/c1-4-10-24-17-19-25(20-18-24)35(41)33-34(36(42)26-11-9-12-27(22-26)44-3)40-31-16-8-5-13-28(31)23(2)21-32(40)38(33)29-14-6-7-15-30(29)39-37(38)43/h5-9,11-22,32-34H,4,10H2,1-3H3,(H,39,43)/t32-,33-,34-,38+/m1/s1. The van der Waals surface area contributed by atoms with Crippen LogP contribution < -0.4 is 15.0 Å². The van der Waals surface area contributed by atoms with E-state index in [-0.39, 0.29) is 17.5 Å². The highest BCUT2D eigenvalue weighted by Crippen LogP contribution is 2.58. The molecule has 1 spiro atoms. The average Bonchev–Trinajstić information content (AvgIpc) is 3.53. The number of amides is 1. The monoisotopic (exact) mass is 582 g/mol. The molecule has 1 saturated heterocycles. The Labute approximate surface area is 257 Å². The van der Waals surface area contributed by atoms with Gasteiger partial charge in [0.1, 0.15) is 17.2 Å². The third kappa shape index (κ3) is 3.97. The maximum Gasteiger partial charge on any atom is 0.238 e. The van der Waals surface area contributed by atoms with Crippen LogP contribution in [0.4, 0.5) is 11.4 Å². The molecule has 0 unspecified atom stereocenters. The molecular formula is C38H34N2O4. The van der Waals surface area contributed by atoms with Crippen LogP contribution in [0.25, 0.3) is 5.57 Å². The molecular weight excluding hydrogens is 548 g/mol. The number of aryl methyl sites for hydroxylation is 1. The van der Waals surface area contributed by atoms with Crippen molar-refractivity contribution in [1.29, 1.82) is 0 Å². The fourth-order valence-electron chi connectivity index (χ4n) is 7.64. The summed E-state index contributed by atoms with van der Waals surface area (Å²) in [5.74, 6) is -1.18. The maximum atomic E-state index is 15.0. The molecule has 1 fully saturated rings. The van der Waals surface area contributed by atoms with E-state index in [9.17, 15) is 9.59 Å². The molecule has 0 radical (unpaired) electrons. The molecule has 0 aromatic heterocycles. The number of ketones is 2. The largest absolute Gasteiger partial charge is 0.497 e. The molecule has 1 amide bonds. The molecule has 4 atom stereocenters. The minimum absolute atomic E-state index is 0.223. The SMILES string of the molecule is CCCc1ccc(C(=O)[C@H]2[C@H](C(=O)c3cccc(OC)c3)N3c4ccccc4C(C)=C[C@@H]3[C@]23C(=O)Nc2ccccc23)cc1. The van der Waals surface area contributed by atoms with Crippen molar-refractivity contribution in [2.24, 2.45) is 5.92 Å². The molecule has 44 heavy (non-hydrogen) atoms. The summed E-state index contributed by atoms with van der Waals surface area (Å²) in [5, 5.41) is 3.10. The first-order valence-corrected chi connectivity index (χ1v) is 15.2. The third-order valence-corrected chi connectivity index (χ3v) is 9.57. The van der Waals surface area contributed by atoms with E-state index in [2.05, 4.69) is 18.3 Å². The summed E-state index contributed by atoms with van der Waals surface area (Å²) in [6.07, 6.45) is 3.98. The summed E-state index contributed by atoms with van der Waals surface area (Å²) < 4.78 is 5.47. The minimum Gasteiger partial charge on any atom is -0.497 e. The van der Waals surface area contributed by atoms with E-state index in [0.29, 0.717) is 22.6 Å². The van der Waals surface area contributed by atoms with E-state index in [1.807, 2.05) is 84.6 Å². The first-order chi connectivity index (χ1) is 21.4. The second kappa shape index (κ2) is 10.6. The first-order valence-electron chi connectivity index (χ1n) is 15.2. The molecule has 4 aromatic carbocycles. The quantitative estimate of drug-likeness (QED) is 0.240. The van der Waals surface area contributed by atoms with Gasteiger partial charge in [0, 0.05) is 28.1 Å². The zero-order valence-corrected chi connectivity index (χ0v) is 25.0. The third-order valence-electron chi connectivity index (χ3n) is 9.57. The van der Waals surface area contributed by atoms with Crippen LogP contribution in [0.3, 0.4) is 0 Å². The highest BCUT2D eigenvalue weighted by molar-refractivity contribution is 6.18. The van der Waals surface area contributed by atoms with Gasteiger partial charge >= 0.3 is 0 Å². The average molecular weight is 583 g/mol. The lowest BCUT2D eigenvalue weighted by atomic mass is 9.64. The summed E-state index contributed by atoms with van der Waals surface area (Å²) in [5.41, 5.74) is 4.95. The molecule has 0 saturated carbocycles. The molecule has 6 heteroatoms. The number of para-hydroxylation sites is 2. The van der Waals surface area contributed by atoms with Gasteiger partial charge in [0.2, 0.25) is 5.91 Å². The van der Waals surface area contributed by atoms with Gasteiger partial charge < -0.3 is 15.0 Å². The van der Waals surface area contributed by atoms with Gasteiger partial charge in [0.05, 0.1) is 19.1 Å². The van der Waals surface area contributed by atoms with Crippen molar-refractivity contribution in [3.05, 3.63) is 131 Å². The van der Waals surface area contributed by atoms with Gasteiger partial charge in [-0.25, -0.2) is 0 Å². The number of Topliss-reactive ketones (excluding diaryl/α,β-unsaturated/α-hetero) is 2. The van der Waals surface area contributed by atoms with Gasteiger partial charge in [-0.1, -0.05) is 92.2 Å². The maximum absolute atomic E-state index is 15.0. The summed E-state index contributed by atoms with van der Waals surface area (Å²) in [6.45, 7) is 4.15. The summed E-state index contributed by atoms with van der Waals surface area (Å²) in [6, 6.07) is 28.7. The van der Waals surface area contributed by atoms with Crippen molar-refractivity contribution in [3.63, 3.8) is 0 Å². The zero-order chi connectivity index (χ0) is 30.6. The molecule has 3 aliphatic heterocycles. The van der Waals surface area contributed by atoms with Crippen molar-refractivity contribution < 1.29 is 19.1 Å². The summed E-state index contributed by atoms with van der Waals surface area (Å²) in [7, 11) is 1.56. The Kier molecular flexibility index (Phi) is 6.73. The van der Waals surface area contributed by atoms with Crippen molar-refractivity contribution in [3.8, 4) is 5.75 Å². The number of nitrogens with one attached hydrogen (secondary N) is 1. The molecule has 0 bridgehead atoms. The number of nitrogens with zero attached hydrogens (tertiary/aromatic N) is 1. The van der Waals surface area contributed by atoms with E-state index in [4.69, 9.17) is 4.74 Å². The highest BCUT2D eigenvalue weighted by atomic mass is 16.5. The molecule has 0 aliphatic carbocycles. The summed E-state index contributed by atoms with van der Waals surface area (Å²) in [4.78, 5) is 46.5. The van der Waals surface area contributed by atoms with Crippen molar-refractivity contribution in [2.45, 2.75) is 44.2 Å². The van der Waals surface area contributed by atoms with Gasteiger partial charge in [-0.3, -0.25) is 14.4 Å². The molecule has 4 aromatic rings. The second-order valence-corrected chi connectivity index (χ2v) is 11.9. The van der Waals surface area contributed by atoms with E-state index in [1.54, 1.807) is 31.4 Å².